The fourth-order valence-corrected chi connectivity index (χ4v) is 4.11. The van der Waals surface area contributed by atoms with E-state index in [2.05, 4.69) is 23.4 Å². The highest BCUT2D eigenvalue weighted by molar-refractivity contribution is 5.96. The zero-order valence-corrected chi connectivity index (χ0v) is 19.8. The second-order valence-corrected chi connectivity index (χ2v) is 8.51. The maximum atomic E-state index is 15.2. The molecule has 0 amide bonds. The molecule has 2 aromatic heterocycles. The average Bonchev–Trinajstić information content (AvgIpc) is 3.28. The Morgan fingerprint density at radius 1 is 1.11 bits per heavy atom. The lowest BCUT2D eigenvalue weighted by Crippen LogP contribution is -2.07. The summed E-state index contributed by atoms with van der Waals surface area (Å²) in [6, 6.07) is 11.6. The number of nitrogens with two attached hydrogens (primary N) is 1. The molecular weight excluding hydrogens is 452 g/mol. The van der Waals surface area contributed by atoms with Crippen molar-refractivity contribution in [3.63, 3.8) is 0 Å². The topological polar surface area (TPSA) is 79.4 Å². The number of benzene rings is 2. The summed E-state index contributed by atoms with van der Waals surface area (Å²) in [6.07, 6.45) is 3.46. The van der Waals surface area contributed by atoms with Crippen LogP contribution in [0.25, 0.3) is 22.0 Å². The van der Waals surface area contributed by atoms with Gasteiger partial charge in [-0.15, -0.1) is 0 Å². The van der Waals surface area contributed by atoms with Crippen LogP contribution >= 0.6 is 0 Å². The predicted octanol–water partition coefficient (Wildman–Crippen LogP) is 5.32. The number of pyridine rings is 1. The number of fused-ring (bicyclic) bond motifs is 1. The van der Waals surface area contributed by atoms with Crippen LogP contribution in [0, 0.1) is 11.6 Å². The van der Waals surface area contributed by atoms with E-state index >= 15 is 4.39 Å². The molecule has 0 aliphatic heterocycles. The van der Waals surface area contributed by atoms with E-state index in [-0.39, 0.29) is 37.1 Å². The molecule has 182 valence electrons. The maximum Gasteiger partial charge on any atom is 0.310 e. The lowest BCUT2D eigenvalue weighted by atomic mass is 9.98. The van der Waals surface area contributed by atoms with E-state index in [1.54, 1.807) is 12.3 Å². The van der Waals surface area contributed by atoms with E-state index in [9.17, 15) is 9.18 Å². The van der Waals surface area contributed by atoms with E-state index in [1.165, 1.54) is 25.3 Å². The molecule has 0 radical (unpaired) electrons. The first-order valence-electron chi connectivity index (χ1n) is 11.3. The molecule has 2 aromatic carbocycles. The summed E-state index contributed by atoms with van der Waals surface area (Å²) in [5.74, 6) is -1.15. The van der Waals surface area contributed by atoms with Gasteiger partial charge in [0.25, 0.3) is 0 Å². The molecule has 35 heavy (non-hydrogen) atoms. The molecule has 4 aromatic rings. The Kier molecular flexibility index (Phi) is 7.12. The second-order valence-electron chi connectivity index (χ2n) is 8.51. The van der Waals surface area contributed by atoms with Gasteiger partial charge in [-0.25, -0.2) is 8.78 Å². The van der Waals surface area contributed by atoms with Crippen LogP contribution in [0.5, 0.6) is 5.75 Å². The Balaban J connectivity index is 1.78. The van der Waals surface area contributed by atoms with Crippen molar-refractivity contribution in [2.45, 2.75) is 39.5 Å². The molecule has 2 N–H and O–H groups in total. The first kappa shape index (κ1) is 24.3. The Morgan fingerprint density at radius 2 is 1.91 bits per heavy atom. The van der Waals surface area contributed by atoms with E-state index in [0.717, 1.165) is 16.5 Å². The fourth-order valence-electron chi connectivity index (χ4n) is 4.11. The maximum absolute atomic E-state index is 15.2. The normalized spacial score (nSPS) is 11.3. The molecule has 0 aliphatic rings. The standard InChI is InChI=1S/C27H27F2N3O3/c1-16(2)32-9-7-20-22(21-6-8-31-23(14-30)27(21)29)10-17(11-24(20)32)15-35-25-13-19(28)5-4-18(25)12-26(33)34-3/h4-11,13,16H,12,14-15,30H2,1-3H3. The van der Waals surface area contributed by atoms with Crippen LogP contribution in [-0.2, 0) is 29.1 Å². The van der Waals surface area contributed by atoms with Crippen LogP contribution in [0.2, 0.25) is 0 Å². The third-order valence-electron chi connectivity index (χ3n) is 5.89. The van der Waals surface area contributed by atoms with E-state index in [4.69, 9.17) is 15.2 Å². The number of ether oxygens (including phenoxy) is 2. The van der Waals surface area contributed by atoms with Crippen LogP contribution in [0.4, 0.5) is 8.78 Å². The molecule has 0 spiro atoms. The third-order valence-corrected chi connectivity index (χ3v) is 5.89. The van der Waals surface area contributed by atoms with Crippen molar-refractivity contribution in [2.24, 2.45) is 5.73 Å². The lowest BCUT2D eigenvalue weighted by molar-refractivity contribution is -0.139. The molecule has 0 unspecified atom stereocenters. The molecule has 6 nitrogen and oxygen atoms in total. The van der Waals surface area contributed by atoms with Crippen molar-refractivity contribution >= 4 is 16.9 Å². The highest BCUT2D eigenvalue weighted by atomic mass is 19.1. The largest absolute Gasteiger partial charge is 0.488 e. The van der Waals surface area contributed by atoms with Crippen molar-refractivity contribution in [1.29, 1.82) is 0 Å². The van der Waals surface area contributed by atoms with Gasteiger partial charge in [-0.1, -0.05) is 6.07 Å². The number of carbonyl (C=O) groups excluding carboxylic acids is 1. The van der Waals surface area contributed by atoms with Gasteiger partial charge in [0.2, 0.25) is 0 Å². The minimum Gasteiger partial charge on any atom is -0.488 e. The van der Waals surface area contributed by atoms with E-state index in [1.807, 2.05) is 24.4 Å². The number of methoxy groups -OCH3 is 1. The first-order chi connectivity index (χ1) is 16.8. The van der Waals surface area contributed by atoms with Crippen LogP contribution in [0.1, 0.15) is 36.7 Å². The zero-order valence-electron chi connectivity index (χ0n) is 19.8. The fraction of sp³-hybridized carbons (Fsp3) is 0.259. The summed E-state index contributed by atoms with van der Waals surface area (Å²) in [4.78, 5) is 15.8. The molecule has 0 bridgehead atoms. The number of esters is 1. The highest BCUT2D eigenvalue weighted by Gasteiger charge is 2.17. The van der Waals surface area contributed by atoms with Gasteiger partial charge in [0.1, 0.15) is 18.2 Å². The van der Waals surface area contributed by atoms with Gasteiger partial charge < -0.3 is 19.8 Å². The molecule has 0 saturated carbocycles. The van der Waals surface area contributed by atoms with Gasteiger partial charge in [0.15, 0.2) is 5.82 Å². The molecule has 8 heteroatoms. The van der Waals surface area contributed by atoms with E-state index in [0.29, 0.717) is 16.7 Å². The van der Waals surface area contributed by atoms with Gasteiger partial charge in [0, 0.05) is 53.1 Å². The number of halogens is 2. The zero-order chi connectivity index (χ0) is 25.1. The number of hydrogen-bond donors (Lipinski definition) is 1. The van der Waals surface area contributed by atoms with Crippen molar-refractivity contribution in [1.82, 2.24) is 9.55 Å². The molecule has 4 rings (SSSR count). The summed E-state index contributed by atoms with van der Waals surface area (Å²) in [7, 11) is 1.29. The second kappa shape index (κ2) is 10.2. The van der Waals surface area contributed by atoms with Crippen molar-refractivity contribution in [2.75, 3.05) is 7.11 Å². The summed E-state index contributed by atoms with van der Waals surface area (Å²) < 4.78 is 41.9. The first-order valence-corrected chi connectivity index (χ1v) is 11.3. The van der Waals surface area contributed by atoms with Gasteiger partial charge in [0.05, 0.1) is 19.2 Å². The van der Waals surface area contributed by atoms with Crippen LogP contribution < -0.4 is 10.5 Å². The Bertz CT molecular complexity index is 1380. The summed E-state index contributed by atoms with van der Waals surface area (Å²) in [5.41, 5.74) is 9.12. The smallest absolute Gasteiger partial charge is 0.310 e. The molecule has 0 aliphatic carbocycles. The molecule has 0 fully saturated rings. The SMILES string of the molecule is COC(=O)Cc1ccc(F)cc1OCc1cc(-c2ccnc(CN)c2F)c2ccn(C(C)C)c2c1. The highest BCUT2D eigenvalue weighted by Crippen LogP contribution is 2.35. The minimum absolute atomic E-state index is 0.0127. The van der Waals surface area contributed by atoms with Crippen molar-refractivity contribution < 1.29 is 23.0 Å². The van der Waals surface area contributed by atoms with Gasteiger partial charge in [-0.05, 0) is 55.3 Å². The van der Waals surface area contributed by atoms with Crippen LogP contribution in [0.3, 0.4) is 0 Å². The Morgan fingerprint density at radius 3 is 2.63 bits per heavy atom. The van der Waals surface area contributed by atoms with E-state index < -0.39 is 17.6 Å². The average molecular weight is 480 g/mol. The number of nitrogens with zero attached hydrogens (tertiary/aromatic N) is 2. The Labute approximate surface area is 202 Å². The third kappa shape index (κ3) is 5.02. The van der Waals surface area contributed by atoms with Gasteiger partial charge in [-0.2, -0.15) is 0 Å². The lowest BCUT2D eigenvalue weighted by Gasteiger charge is -2.16. The monoisotopic (exact) mass is 479 g/mol. The van der Waals surface area contributed by atoms with Crippen LogP contribution in [0.15, 0.2) is 54.9 Å². The number of aromatic nitrogens is 2. The van der Waals surface area contributed by atoms with Crippen molar-refractivity contribution in [3.8, 4) is 16.9 Å². The molecule has 2 heterocycles. The number of carbonyl (C=O) groups is 1. The van der Waals surface area contributed by atoms with Crippen LogP contribution in [-0.4, -0.2) is 22.6 Å². The predicted molar refractivity (Wildman–Crippen MR) is 130 cm³/mol. The van der Waals surface area contributed by atoms with Crippen molar-refractivity contribution in [3.05, 3.63) is 83.3 Å². The molecule has 0 atom stereocenters. The quantitative estimate of drug-likeness (QED) is 0.346. The number of rotatable bonds is 8. The summed E-state index contributed by atoms with van der Waals surface area (Å²) >= 11 is 0. The summed E-state index contributed by atoms with van der Waals surface area (Å²) in [6.45, 7) is 4.20. The van der Waals surface area contributed by atoms with Gasteiger partial charge in [-0.3, -0.25) is 9.78 Å². The molecular formula is C27H27F2N3O3. The molecule has 0 saturated heterocycles. The summed E-state index contributed by atoms with van der Waals surface area (Å²) in [5, 5.41) is 0.882. The van der Waals surface area contributed by atoms with Gasteiger partial charge >= 0.3 is 5.97 Å². The minimum atomic E-state index is -0.480. The number of hydrogen-bond acceptors (Lipinski definition) is 5. The Hall–Kier alpha value is -3.78.